The third-order valence-corrected chi connectivity index (χ3v) is 5.58. The molecule has 8 heteroatoms. The highest BCUT2D eigenvalue weighted by atomic mass is 35.5. The Labute approximate surface area is 186 Å². The van der Waals surface area contributed by atoms with Crippen LogP contribution in [0.15, 0.2) is 61.1 Å². The van der Waals surface area contributed by atoms with Crippen molar-refractivity contribution in [2.75, 3.05) is 30.4 Å². The van der Waals surface area contributed by atoms with E-state index in [0.29, 0.717) is 10.8 Å². The molecule has 7 nitrogen and oxygen atoms in total. The Balaban J connectivity index is 1.36. The largest absolute Gasteiger partial charge is 0.497 e. The van der Waals surface area contributed by atoms with Crippen molar-refractivity contribution in [1.82, 2.24) is 15.3 Å². The predicted molar refractivity (Wildman–Crippen MR) is 123 cm³/mol. The molecule has 3 heterocycles. The number of benzene rings is 1. The Morgan fingerprint density at radius 2 is 1.87 bits per heavy atom. The summed E-state index contributed by atoms with van der Waals surface area (Å²) in [4.78, 5) is 22.9. The normalized spacial score (nSPS) is 14.2. The fourth-order valence-corrected chi connectivity index (χ4v) is 3.83. The van der Waals surface area contributed by atoms with E-state index >= 15 is 0 Å². The highest BCUT2D eigenvalue weighted by Crippen LogP contribution is 2.32. The topological polar surface area (TPSA) is 79.4 Å². The van der Waals surface area contributed by atoms with Gasteiger partial charge in [0.05, 0.1) is 19.0 Å². The first-order chi connectivity index (χ1) is 15.1. The van der Waals surface area contributed by atoms with E-state index in [9.17, 15) is 4.79 Å². The SMILES string of the molecule is COc1ccc(-c2cnccc2N2CCC(NC(=O)Nc3ccc(Cl)nc3)CC2)cc1. The van der Waals surface area contributed by atoms with Gasteiger partial charge in [0.1, 0.15) is 10.9 Å². The number of pyridine rings is 2. The minimum atomic E-state index is -0.231. The second-order valence-corrected chi connectivity index (χ2v) is 7.74. The molecule has 4 rings (SSSR count). The molecular weight excluding hydrogens is 414 g/mol. The average molecular weight is 438 g/mol. The number of carbonyl (C=O) groups is 1. The lowest BCUT2D eigenvalue weighted by Gasteiger charge is -2.35. The molecule has 0 radical (unpaired) electrons. The molecule has 1 aliphatic heterocycles. The number of methoxy groups -OCH3 is 1. The molecule has 0 aliphatic carbocycles. The second-order valence-electron chi connectivity index (χ2n) is 7.35. The Bertz CT molecular complexity index is 1020. The number of hydrogen-bond acceptors (Lipinski definition) is 5. The molecule has 2 N–H and O–H groups in total. The number of anilines is 2. The van der Waals surface area contributed by atoms with E-state index in [-0.39, 0.29) is 12.1 Å². The summed E-state index contributed by atoms with van der Waals surface area (Å²) in [6.07, 6.45) is 6.97. The lowest BCUT2D eigenvalue weighted by Crippen LogP contribution is -2.46. The van der Waals surface area contributed by atoms with E-state index in [4.69, 9.17) is 16.3 Å². The molecule has 0 spiro atoms. The number of ether oxygens (including phenoxy) is 1. The zero-order chi connectivity index (χ0) is 21.6. The number of nitrogens with one attached hydrogen (secondary N) is 2. The zero-order valence-electron chi connectivity index (χ0n) is 17.2. The maximum Gasteiger partial charge on any atom is 0.319 e. The van der Waals surface area contributed by atoms with Crippen molar-refractivity contribution >= 4 is 29.0 Å². The fraction of sp³-hybridized carbons (Fsp3) is 0.261. The van der Waals surface area contributed by atoms with E-state index in [1.807, 2.05) is 42.7 Å². The average Bonchev–Trinajstić information content (AvgIpc) is 2.81. The highest BCUT2D eigenvalue weighted by molar-refractivity contribution is 6.29. The van der Waals surface area contributed by atoms with Crippen LogP contribution in [0.25, 0.3) is 11.1 Å². The van der Waals surface area contributed by atoms with Crippen molar-refractivity contribution in [3.8, 4) is 16.9 Å². The van der Waals surface area contributed by atoms with Crippen LogP contribution in [0.3, 0.4) is 0 Å². The molecule has 2 amide bonds. The number of piperidine rings is 1. The zero-order valence-corrected chi connectivity index (χ0v) is 18.0. The Kier molecular flexibility index (Phi) is 6.52. The standard InChI is InChI=1S/C23H24ClN5O2/c1-31-19-5-2-16(3-6-19)20-15-25-11-8-21(20)29-12-9-17(10-13-29)27-23(30)28-18-4-7-22(24)26-14-18/h2-8,11,14-15,17H,9-10,12-13H2,1H3,(H2,27,28,30). The van der Waals surface area contributed by atoms with Crippen molar-refractivity contribution in [3.63, 3.8) is 0 Å². The minimum Gasteiger partial charge on any atom is -0.497 e. The number of rotatable bonds is 5. The van der Waals surface area contributed by atoms with Gasteiger partial charge >= 0.3 is 6.03 Å². The van der Waals surface area contributed by atoms with E-state index in [0.717, 1.165) is 48.5 Å². The number of carbonyl (C=O) groups excluding carboxylic acids is 1. The van der Waals surface area contributed by atoms with Crippen molar-refractivity contribution in [3.05, 3.63) is 66.2 Å². The molecule has 0 bridgehead atoms. The summed E-state index contributed by atoms with van der Waals surface area (Å²) in [6, 6.07) is 13.3. The molecule has 0 atom stereocenters. The van der Waals surface area contributed by atoms with Crippen LogP contribution in [0.5, 0.6) is 5.75 Å². The molecule has 0 saturated carbocycles. The summed E-state index contributed by atoms with van der Waals surface area (Å²) in [7, 11) is 1.66. The molecule has 1 aromatic carbocycles. The Hall–Kier alpha value is -3.32. The van der Waals surface area contributed by atoms with Gasteiger partial charge in [-0.15, -0.1) is 0 Å². The third kappa shape index (κ3) is 5.24. The van der Waals surface area contributed by atoms with Crippen LogP contribution >= 0.6 is 11.6 Å². The molecule has 1 fully saturated rings. The number of nitrogens with zero attached hydrogens (tertiary/aromatic N) is 3. The van der Waals surface area contributed by atoms with Crippen LogP contribution in [0.1, 0.15) is 12.8 Å². The Morgan fingerprint density at radius 3 is 2.55 bits per heavy atom. The second kappa shape index (κ2) is 9.66. The predicted octanol–water partition coefficient (Wildman–Crippen LogP) is 4.60. The number of hydrogen-bond donors (Lipinski definition) is 2. The number of amides is 2. The first-order valence-corrected chi connectivity index (χ1v) is 10.5. The number of halogens is 1. The first-order valence-electron chi connectivity index (χ1n) is 10.1. The highest BCUT2D eigenvalue weighted by Gasteiger charge is 2.23. The van der Waals surface area contributed by atoms with Gasteiger partial charge in [-0.1, -0.05) is 23.7 Å². The number of aromatic nitrogens is 2. The van der Waals surface area contributed by atoms with Gasteiger partial charge in [-0.2, -0.15) is 0 Å². The summed E-state index contributed by atoms with van der Waals surface area (Å²) in [5, 5.41) is 6.24. The maximum absolute atomic E-state index is 12.3. The van der Waals surface area contributed by atoms with Gasteiger partial charge < -0.3 is 20.3 Å². The van der Waals surface area contributed by atoms with Gasteiger partial charge in [0.25, 0.3) is 0 Å². The van der Waals surface area contributed by atoms with E-state index in [1.165, 1.54) is 6.20 Å². The molecule has 160 valence electrons. The van der Waals surface area contributed by atoms with Crippen LogP contribution in [-0.4, -0.2) is 42.2 Å². The first kappa shape index (κ1) is 20.9. The van der Waals surface area contributed by atoms with Crippen molar-refractivity contribution in [2.24, 2.45) is 0 Å². The third-order valence-electron chi connectivity index (χ3n) is 5.36. The molecule has 3 aromatic rings. The van der Waals surface area contributed by atoms with Crippen LogP contribution in [-0.2, 0) is 0 Å². The summed E-state index contributed by atoms with van der Waals surface area (Å²) in [5.41, 5.74) is 3.94. The molecule has 0 unspecified atom stereocenters. The smallest absolute Gasteiger partial charge is 0.319 e. The molecular formula is C23H24ClN5O2. The Morgan fingerprint density at radius 1 is 1.10 bits per heavy atom. The summed E-state index contributed by atoms with van der Waals surface area (Å²) >= 11 is 5.78. The quantitative estimate of drug-likeness (QED) is 0.570. The number of urea groups is 1. The minimum absolute atomic E-state index is 0.114. The van der Waals surface area contributed by atoms with Crippen LogP contribution in [0.4, 0.5) is 16.2 Å². The summed E-state index contributed by atoms with van der Waals surface area (Å²) in [6.45, 7) is 1.70. The lowest BCUT2D eigenvalue weighted by molar-refractivity contribution is 0.246. The van der Waals surface area contributed by atoms with Crippen LogP contribution in [0, 0.1) is 0 Å². The van der Waals surface area contributed by atoms with Crippen LogP contribution in [0.2, 0.25) is 5.15 Å². The van der Waals surface area contributed by atoms with Crippen molar-refractivity contribution in [1.29, 1.82) is 0 Å². The van der Waals surface area contributed by atoms with Gasteiger partial charge in [0, 0.05) is 42.8 Å². The van der Waals surface area contributed by atoms with E-state index in [1.54, 1.807) is 19.2 Å². The van der Waals surface area contributed by atoms with E-state index < -0.39 is 0 Å². The van der Waals surface area contributed by atoms with Crippen molar-refractivity contribution in [2.45, 2.75) is 18.9 Å². The van der Waals surface area contributed by atoms with Gasteiger partial charge in [0.2, 0.25) is 0 Å². The molecule has 1 aliphatic rings. The van der Waals surface area contributed by atoms with E-state index in [2.05, 4.69) is 25.5 Å². The maximum atomic E-state index is 12.3. The fourth-order valence-electron chi connectivity index (χ4n) is 3.72. The van der Waals surface area contributed by atoms with Gasteiger partial charge in [0.15, 0.2) is 0 Å². The summed E-state index contributed by atoms with van der Waals surface area (Å²) < 4.78 is 5.26. The van der Waals surface area contributed by atoms with Crippen molar-refractivity contribution < 1.29 is 9.53 Å². The molecule has 31 heavy (non-hydrogen) atoms. The molecule has 1 saturated heterocycles. The van der Waals surface area contributed by atoms with Gasteiger partial charge in [-0.25, -0.2) is 9.78 Å². The van der Waals surface area contributed by atoms with Crippen LogP contribution < -0.4 is 20.3 Å². The summed E-state index contributed by atoms with van der Waals surface area (Å²) in [5.74, 6) is 0.828. The monoisotopic (exact) mass is 437 g/mol. The molecule has 2 aromatic heterocycles. The lowest BCUT2D eigenvalue weighted by atomic mass is 10.0. The van der Waals surface area contributed by atoms with Gasteiger partial charge in [-0.05, 0) is 48.7 Å². The van der Waals surface area contributed by atoms with Gasteiger partial charge in [-0.3, -0.25) is 4.98 Å².